The van der Waals surface area contributed by atoms with Crippen LogP contribution in [0.25, 0.3) is 0 Å². The summed E-state index contributed by atoms with van der Waals surface area (Å²) < 4.78 is 10.3. The van der Waals surface area contributed by atoms with Crippen LogP contribution < -0.4 is 9.47 Å². The Balaban J connectivity index is 0.00000112. The van der Waals surface area contributed by atoms with Crippen molar-refractivity contribution >= 4 is 13.5 Å². The standard InChI is InChI=1S/C11H11NO2.H2S/c1-13-10-4-7-3-8(6-12)9(7)5-11(10)14-2;/h4-5,8H,3H2,1-2H3;1H2/t8-;/m1./s1. The van der Waals surface area contributed by atoms with Crippen LogP contribution in [0.2, 0.25) is 0 Å². The minimum atomic E-state index is 0. The molecule has 0 spiro atoms. The molecule has 0 aliphatic heterocycles. The van der Waals surface area contributed by atoms with E-state index in [1.54, 1.807) is 14.2 Å². The minimum Gasteiger partial charge on any atom is -0.493 e. The van der Waals surface area contributed by atoms with Crippen LogP contribution in [0.3, 0.4) is 0 Å². The molecular weight excluding hydrogens is 210 g/mol. The molecule has 1 aromatic rings. The zero-order valence-electron chi connectivity index (χ0n) is 8.70. The third kappa shape index (κ3) is 1.75. The number of fused-ring (bicyclic) bond motifs is 1. The van der Waals surface area contributed by atoms with Crippen molar-refractivity contribution in [1.82, 2.24) is 0 Å². The molecule has 0 saturated heterocycles. The summed E-state index contributed by atoms with van der Waals surface area (Å²) in [5.74, 6) is 1.47. The summed E-state index contributed by atoms with van der Waals surface area (Å²) in [7, 11) is 3.22. The molecule has 0 unspecified atom stereocenters. The second-order valence-corrected chi connectivity index (χ2v) is 3.29. The summed E-state index contributed by atoms with van der Waals surface area (Å²) in [6.07, 6.45) is 0.826. The quantitative estimate of drug-likeness (QED) is 0.770. The van der Waals surface area contributed by atoms with Gasteiger partial charge in [-0.2, -0.15) is 18.8 Å². The Hall–Kier alpha value is -1.34. The lowest BCUT2D eigenvalue weighted by Gasteiger charge is -2.26. The Morgan fingerprint density at radius 1 is 1.27 bits per heavy atom. The van der Waals surface area contributed by atoms with Gasteiger partial charge in [0, 0.05) is 0 Å². The van der Waals surface area contributed by atoms with Crippen molar-refractivity contribution < 1.29 is 9.47 Å². The third-order valence-electron chi connectivity index (χ3n) is 2.60. The first-order chi connectivity index (χ1) is 6.80. The number of rotatable bonds is 2. The fourth-order valence-corrected chi connectivity index (χ4v) is 1.75. The average Bonchev–Trinajstić information content (AvgIpc) is 2.20. The van der Waals surface area contributed by atoms with Crippen molar-refractivity contribution in [1.29, 1.82) is 5.26 Å². The number of nitrogens with zero attached hydrogens (tertiary/aromatic N) is 1. The van der Waals surface area contributed by atoms with Crippen molar-refractivity contribution in [3.05, 3.63) is 23.3 Å². The topological polar surface area (TPSA) is 42.2 Å². The molecule has 2 rings (SSSR count). The van der Waals surface area contributed by atoms with Crippen molar-refractivity contribution in [2.24, 2.45) is 0 Å². The highest BCUT2D eigenvalue weighted by atomic mass is 32.1. The molecule has 0 aromatic heterocycles. The van der Waals surface area contributed by atoms with E-state index in [2.05, 4.69) is 6.07 Å². The van der Waals surface area contributed by atoms with Crippen molar-refractivity contribution in [3.8, 4) is 17.6 Å². The summed E-state index contributed by atoms with van der Waals surface area (Å²) in [6, 6.07) is 6.09. The first-order valence-electron chi connectivity index (χ1n) is 4.44. The molecule has 0 saturated carbocycles. The van der Waals surface area contributed by atoms with E-state index in [0.29, 0.717) is 5.75 Å². The molecule has 0 bridgehead atoms. The van der Waals surface area contributed by atoms with Crippen LogP contribution in [0.1, 0.15) is 17.0 Å². The molecular formula is C11H13NO2S. The number of benzene rings is 1. The van der Waals surface area contributed by atoms with Gasteiger partial charge in [0.25, 0.3) is 0 Å². The molecule has 0 fully saturated rings. The lowest BCUT2D eigenvalue weighted by Crippen LogP contribution is -2.15. The lowest BCUT2D eigenvalue weighted by atomic mass is 9.78. The molecule has 15 heavy (non-hydrogen) atoms. The van der Waals surface area contributed by atoms with Gasteiger partial charge in [-0.25, -0.2) is 0 Å². The summed E-state index contributed by atoms with van der Waals surface area (Å²) in [6.45, 7) is 0. The summed E-state index contributed by atoms with van der Waals surface area (Å²) >= 11 is 0. The Morgan fingerprint density at radius 2 is 1.87 bits per heavy atom. The van der Waals surface area contributed by atoms with Crippen molar-refractivity contribution in [2.75, 3.05) is 14.2 Å². The molecule has 80 valence electrons. The van der Waals surface area contributed by atoms with Crippen LogP contribution in [-0.4, -0.2) is 14.2 Å². The van der Waals surface area contributed by atoms with Gasteiger partial charge in [0.2, 0.25) is 0 Å². The van der Waals surface area contributed by atoms with Gasteiger partial charge in [0.05, 0.1) is 26.2 Å². The van der Waals surface area contributed by atoms with Crippen LogP contribution in [0.5, 0.6) is 11.5 Å². The SMILES string of the molecule is COc1cc2c(cc1OC)[C@@H](C#N)C2.S. The Kier molecular flexibility index (Phi) is 3.48. The Labute approximate surface area is 96.1 Å². The van der Waals surface area contributed by atoms with E-state index in [1.165, 1.54) is 5.56 Å². The highest BCUT2D eigenvalue weighted by molar-refractivity contribution is 7.59. The smallest absolute Gasteiger partial charge is 0.161 e. The first-order valence-corrected chi connectivity index (χ1v) is 4.44. The number of hydrogen-bond acceptors (Lipinski definition) is 3. The van der Waals surface area contributed by atoms with Gasteiger partial charge in [0.1, 0.15) is 0 Å². The van der Waals surface area contributed by atoms with Crippen molar-refractivity contribution in [2.45, 2.75) is 12.3 Å². The summed E-state index contributed by atoms with van der Waals surface area (Å²) in [4.78, 5) is 0. The molecule has 4 heteroatoms. The van der Waals surface area contributed by atoms with E-state index in [9.17, 15) is 0 Å². The lowest BCUT2D eigenvalue weighted by molar-refractivity contribution is 0.353. The number of ether oxygens (including phenoxy) is 2. The summed E-state index contributed by atoms with van der Waals surface area (Å²) in [5, 5.41) is 8.80. The maximum absolute atomic E-state index is 8.80. The van der Waals surface area contributed by atoms with E-state index in [0.717, 1.165) is 17.7 Å². The van der Waals surface area contributed by atoms with Gasteiger partial charge in [-0.3, -0.25) is 0 Å². The predicted octanol–water partition coefficient (Wildman–Crippen LogP) is 1.98. The zero-order chi connectivity index (χ0) is 10.1. The van der Waals surface area contributed by atoms with Crippen LogP contribution >= 0.6 is 13.5 Å². The van der Waals surface area contributed by atoms with E-state index in [-0.39, 0.29) is 19.4 Å². The molecule has 0 radical (unpaired) electrons. The maximum atomic E-state index is 8.80. The summed E-state index contributed by atoms with van der Waals surface area (Å²) in [5.41, 5.74) is 2.26. The Morgan fingerprint density at radius 3 is 2.40 bits per heavy atom. The fourth-order valence-electron chi connectivity index (χ4n) is 1.75. The molecule has 1 aliphatic carbocycles. The molecule has 1 aromatic carbocycles. The second kappa shape index (κ2) is 4.45. The number of methoxy groups -OCH3 is 2. The molecule has 1 atom stereocenters. The zero-order valence-corrected chi connectivity index (χ0v) is 9.70. The molecule has 3 nitrogen and oxygen atoms in total. The Bertz CT molecular complexity index is 412. The minimum absolute atomic E-state index is 0. The van der Waals surface area contributed by atoms with E-state index < -0.39 is 0 Å². The largest absolute Gasteiger partial charge is 0.493 e. The van der Waals surface area contributed by atoms with Gasteiger partial charge in [0.15, 0.2) is 11.5 Å². The molecule has 0 amide bonds. The van der Waals surface area contributed by atoms with Crippen LogP contribution in [-0.2, 0) is 6.42 Å². The van der Waals surface area contributed by atoms with E-state index >= 15 is 0 Å². The van der Waals surface area contributed by atoms with Crippen LogP contribution in [0, 0.1) is 11.3 Å². The third-order valence-corrected chi connectivity index (χ3v) is 2.60. The van der Waals surface area contributed by atoms with Crippen molar-refractivity contribution in [3.63, 3.8) is 0 Å². The van der Waals surface area contributed by atoms with Gasteiger partial charge >= 0.3 is 0 Å². The molecule has 0 N–H and O–H groups in total. The first kappa shape index (κ1) is 11.7. The monoisotopic (exact) mass is 223 g/mol. The second-order valence-electron chi connectivity index (χ2n) is 3.29. The van der Waals surface area contributed by atoms with Gasteiger partial charge in [-0.05, 0) is 29.7 Å². The van der Waals surface area contributed by atoms with Gasteiger partial charge in [-0.15, -0.1) is 0 Å². The average molecular weight is 223 g/mol. The number of nitriles is 1. The highest BCUT2D eigenvalue weighted by Gasteiger charge is 2.28. The number of hydrogen-bond donors (Lipinski definition) is 0. The van der Waals surface area contributed by atoms with Crippen LogP contribution in [0.4, 0.5) is 0 Å². The normalized spacial score (nSPS) is 16.5. The predicted molar refractivity (Wildman–Crippen MR) is 62.0 cm³/mol. The molecule has 1 aliphatic rings. The van der Waals surface area contributed by atoms with E-state index in [1.807, 2.05) is 12.1 Å². The van der Waals surface area contributed by atoms with Gasteiger partial charge < -0.3 is 9.47 Å². The van der Waals surface area contributed by atoms with Gasteiger partial charge in [-0.1, -0.05) is 0 Å². The molecule has 0 heterocycles. The van der Waals surface area contributed by atoms with E-state index in [4.69, 9.17) is 14.7 Å². The van der Waals surface area contributed by atoms with Crippen LogP contribution in [0.15, 0.2) is 12.1 Å². The fraction of sp³-hybridized carbons (Fsp3) is 0.364. The highest BCUT2D eigenvalue weighted by Crippen LogP contribution is 2.41. The maximum Gasteiger partial charge on any atom is 0.161 e.